The number of fused-ring (bicyclic) bond motifs is 5. The molecule has 242 valence electrons. The van der Waals surface area contributed by atoms with Crippen molar-refractivity contribution in [2.24, 2.45) is 46.3 Å². The Kier molecular flexibility index (Phi) is 9.25. The van der Waals surface area contributed by atoms with Gasteiger partial charge in [-0.1, -0.05) is 57.2 Å². The molecular formula is C39H50O6. The minimum atomic E-state index is -0.285. The fourth-order valence-corrected chi connectivity index (χ4v) is 10.5. The number of methoxy groups -OCH3 is 1. The maximum Gasteiger partial charge on any atom is 0.338 e. The maximum absolute atomic E-state index is 13.7. The first-order valence-electron chi connectivity index (χ1n) is 17.2. The molecule has 0 radical (unpaired) electrons. The third-order valence-corrected chi connectivity index (χ3v) is 12.8. The van der Waals surface area contributed by atoms with E-state index in [4.69, 9.17) is 14.2 Å². The summed E-state index contributed by atoms with van der Waals surface area (Å²) in [7, 11) is 1.75. The number of esters is 2. The van der Waals surface area contributed by atoms with Crippen molar-refractivity contribution in [1.82, 2.24) is 0 Å². The molecule has 6 nitrogen and oxygen atoms in total. The molecule has 0 aliphatic heterocycles. The second kappa shape index (κ2) is 13.0. The molecule has 0 saturated heterocycles. The van der Waals surface area contributed by atoms with Crippen molar-refractivity contribution in [2.75, 3.05) is 13.7 Å². The van der Waals surface area contributed by atoms with Crippen LogP contribution in [0.15, 0.2) is 60.7 Å². The third-order valence-electron chi connectivity index (χ3n) is 12.8. The van der Waals surface area contributed by atoms with Gasteiger partial charge in [0.1, 0.15) is 18.0 Å². The van der Waals surface area contributed by atoms with Crippen LogP contribution in [0.3, 0.4) is 0 Å². The molecule has 45 heavy (non-hydrogen) atoms. The van der Waals surface area contributed by atoms with E-state index >= 15 is 0 Å². The zero-order chi connectivity index (χ0) is 31.8. The fourth-order valence-electron chi connectivity index (χ4n) is 10.5. The van der Waals surface area contributed by atoms with Crippen molar-refractivity contribution in [3.05, 3.63) is 71.8 Å². The largest absolute Gasteiger partial charge is 0.458 e. The molecule has 6 rings (SSSR count). The summed E-state index contributed by atoms with van der Waals surface area (Å²) in [4.78, 5) is 40.1. The zero-order valence-corrected chi connectivity index (χ0v) is 27.4. The average molecular weight is 615 g/mol. The van der Waals surface area contributed by atoms with Crippen molar-refractivity contribution in [1.29, 1.82) is 0 Å². The predicted octanol–water partition coefficient (Wildman–Crippen LogP) is 7.95. The molecule has 10 atom stereocenters. The summed E-state index contributed by atoms with van der Waals surface area (Å²) in [5.41, 5.74) is 0.803. The summed E-state index contributed by atoms with van der Waals surface area (Å²) in [6, 6.07) is 18.6. The standard InChI is InChI=1S/C39H50O6/c1-25(12-11-21-43-4)30-17-18-31-35-32(24-34(39(30,31)3)45-37(42)27-15-9-6-10-16-27)38(2)20-19-29(40)22-28(38)23-33(35)44-36(41)26-13-7-5-8-14-26/h5-10,13-16,25,28,30-35H,11-12,17-24H2,1-4H3/t25?,28?,30?,31?,32?,33-,34+,35?,38+,39-/m1/s1. The number of hydrogen-bond donors (Lipinski definition) is 0. The van der Waals surface area contributed by atoms with E-state index in [1.807, 2.05) is 60.7 Å². The predicted molar refractivity (Wildman–Crippen MR) is 173 cm³/mol. The number of carbonyl (C=O) groups is 3. The van der Waals surface area contributed by atoms with Gasteiger partial charge in [-0.3, -0.25) is 4.79 Å². The van der Waals surface area contributed by atoms with Gasteiger partial charge in [0.05, 0.1) is 11.1 Å². The van der Waals surface area contributed by atoms with Gasteiger partial charge in [-0.2, -0.15) is 0 Å². The first-order valence-corrected chi connectivity index (χ1v) is 17.2. The number of ether oxygens (including phenoxy) is 3. The first-order chi connectivity index (χ1) is 21.7. The Morgan fingerprint density at radius 1 is 0.889 bits per heavy atom. The Labute approximate surface area is 268 Å². The lowest BCUT2D eigenvalue weighted by molar-refractivity contribution is -0.201. The molecule has 4 fully saturated rings. The number of carbonyl (C=O) groups excluding carboxylic acids is 3. The molecule has 0 N–H and O–H groups in total. The van der Waals surface area contributed by atoms with E-state index in [0.717, 1.165) is 51.6 Å². The van der Waals surface area contributed by atoms with Crippen molar-refractivity contribution < 1.29 is 28.6 Å². The first kappa shape index (κ1) is 32.0. The monoisotopic (exact) mass is 614 g/mol. The van der Waals surface area contributed by atoms with Gasteiger partial charge in [-0.15, -0.1) is 0 Å². The summed E-state index contributed by atoms with van der Waals surface area (Å²) in [6.45, 7) is 7.84. The van der Waals surface area contributed by atoms with Gasteiger partial charge in [0, 0.05) is 37.9 Å². The minimum Gasteiger partial charge on any atom is -0.458 e. The Morgan fingerprint density at radius 3 is 2.18 bits per heavy atom. The lowest BCUT2D eigenvalue weighted by Gasteiger charge is -2.63. The SMILES string of the molecule is COCCCC(C)C1CCC2C3C(C[C@H](OC(=O)c4ccccc4)[C@]12C)[C@@]1(C)CCC(=O)CC1C[C@H]3OC(=O)c1ccccc1. The van der Waals surface area contributed by atoms with Crippen molar-refractivity contribution in [3.8, 4) is 0 Å². The van der Waals surface area contributed by atoms with Gasteiger partial charge in [0.15, 0.2) is 0 Å². The summed E-state index contributed by atoms with van der Waals surface area (Å²) in [5, 5.41) is 0. The smallest absolute Gasteiger partial charge is 0.338 e. The van der Waals surface area contributed by atoms with E-state index in [0.29, 0.717) is 41.6 Å². The molecule has 6 heteroatoms. The van der Waals surface area contributed by atoms with Crippen LogP contribution >= 0.6 is 0 Å². The van der Waals surface area contributed by atoms with Gasteiger partial charge in [0.2, 0.25) is 0 Å². The van der Waals surface area contributed by atoms with Gasteiger partial charge in [-0.05, 0) is 104 Å². The molecule has 6 unspecified atom stereocenters. The second-order valence-corrected chi connectivity index (χ2v) is 14.9. The van der Waals surface area contributed by atoms with Crippen LogP contribution in [0.25, 0.3) is 0 Å². The van der Waals surface area contributed by atoms with Crippen LogP contribution in [0.1, 0.15) is 99.3 Å². The van der Waals surface area contributed by atoms with Gasteiger partial charge < -0.3 is 14.2 Å². The Balaban J connectivity index is 1.39. The summed E-state index contributed by atoms with van der Waals surface area (Å²) < 4.78 is 18.6. The van der Waals surface area contributed by atoms with Crippen LogP contribution in [-0.2, 0) is 19.0 Å². The van der Waals surface area contributed by atoms with Gasteiger partial charge in [0.25, 0.3) is 0 Å². The Bertz CT molecular complexity index is 1360. The highest BCUT2D eigenvalue weighted by Crippen LogP contribution is 2.69. The lowest BCUT2D eigenvalue weighted by Crippen LogP contribution is -2.63. The van der Waals surface area contributed by atoms with Crippen LogP contribution in [0, 0.1) is 46.3 Å². The molecule has 4 saturated carbocycles. The van der Waals surface area contributed by atoms with Gasteiger partial charge in [-0.25, -0.2) is 9.59 Å². The highest BCUT2D eigenvalue weighted by molar-refractivity contribution is 5.90. The van der Waals surface area contributed by atoms with E-state index in [2.05, 4.69) is 20.8 Å². The maximum atomic E-state index is 13.7. The van der Waals surface area contributed by atoms with E-state index in [1.165, 1.54) is 0 Å². The molecule has 4 aliphatic carbocycles. The van der Waals surface area contributed by atoms with Crippen LogP contribution in [-0.4, -0.2) is 43.6 Å². The normalized spacial score (nSPS) is 36.3. The molecule has 0 spiro atoms. The number of rotatable bonds is 9. The van der Waals surface area contributed by atoms with E-state index in [9.17, 15) is 14.4 Å². The van der Waals surface area contributed by atoms with Crippen molar-refractivity contribution in [2.45, 2.75) is 90.8 Å². The number of Topliss-reactive ketones (excluding diaryl/α,β-unsaturated/α-hetero) is 1. The highest BCUT2D eigenvalue weighted by atomic mass is 16.5. The molecule has 0 heterocycles. The quantitative estimate of drug-likeness (QED) is 0.211. The minimum absolute atomic E-state index is 0.0743. The molecule has 0 aromatic heterocycles. The van der Waals surface area contributed by atoms with E-state index in [-0.39, 0.29) is 58.6 Å². The number of hydrogen-bond acceptors (Lipinski definition) is 6. The fraction of sp³-hybridized carbons (Fsp3) is 0.615. The van der Waals surface area contributed by atoms with E-state index < -0.39 is 0 Å². The van der Waals surface area contributed by atoms with Crippen LogP contribution in [0.5, 0.6) is 0 Å². The summed E-state index contributed by atoms with van der Waals surface area (Å²) in [5.74, 6) is 1.30. The number of benzene rings is 2. The average Bonchev–Trinajstić information content (AvgIpc) is 3.41. The summed E-state index contributed by atoms with van der Waals surface area (Å²) >= 11 is 0. The molecule has 4 aliphatic rings. The van der Waals surface area contributed by atoms with Crippen LogP contribution < -0.4 is 0 Å². The molecule has 2 aromatic rings. The molecule has 0 amide bonds. The summed E-state index contributed by atoms with van der Waals surface area (Å²) in [6.07, 6.45) is 7.05. The Morgan fingerprint density at radius 2 is 1.53 bits per heavy atom. The molecular weight excluding hydrogens is 564 g/mol. The Hall–Kier alpha value is -2.99. The topological polar surface area (TPSA) is 78.9 Å². The van der Waals surface area contributed by atoms with Crippen LogP contribution in [0.2, 0.25) is 0 Å². The van der Waals surface area contributed by atoms with Crippen LogP contribution in [0.4, 0.5) is 0 Å². The third kappa shape index (κ3) is 5.88. The number of ketones is 1. The lowest BCUT2D eigenvalue weighted by atomic mass is 9.43. The zero-order valence-electron chi connectivity index (χ0n) is 27.4. The molecule has 2 aromatic carbocycles. The van der Waals surface area contributed by atoms with E-state index in [1.54, 1.807) is 7.11 Å². The highest BCUT2D eigenvalue weighted by Gasteiger charge is 2.67. The molecule has 0 bridgehead atoms. The van der Waals surface area contributed by atoms with Gasteiger partial charge >= 0.3 is 11.9 Å². The van der Waals surface area contributed by atoms with Crippen molar-refractivity contribution >= 4 is 17.7 Å². The second-order valence-electron chi connectivity index (χ2n) is 14.9. The van der Waals surface area contributed by atoms with Crippen molar-refractivity contribution in [3.63, 3.8) is 0 Å².